The van der Waals surface area contributed by atoms with Gasteiger partial charge in [0.1, 0.15) is 5.52 Å². The van der Waals surface area contributed by atoms with E-state index in [-0.39, 0.29) is 11.4 Å². The van der Waals surface area contributed by atoms with Crippen molar-refractivity contribution < 1.29 is 30.5 Å². The average molecular weight is 307 g/mol. The van der Waals surface area contributed by atoms with Gasteiger partial charge in [0.15, 0.2) is 5.75 Å². The second-order valence-corrected chi connectivity index (χ2v) is 5.20. The van der Waals surface area contributed by atoms with E-state index < -0.39 is 21.4 Å². The molecule has 2 rings (SSSR count). The van der Waals surface area contributed by atoms with Crippen LogP contribution in [0.1, 0.15) is 0 Å². The number of ether oxygens (including phenoxy) is 1. The van der Waals surface area contributed by atoms with E-state index in [0.717, 1.165) is 6.07 Å². The summed E-state index contributed by atoms with van der Waals surface area (Å²) >= 11 is 0. The molecule has 108 valence electrons. The zero-order valence-corrected chi connectivity index (χ0v) is 10.8. The molecule has 5 nitrogen and oxygen atoms in total. The van der Waals surface area contributed by atoms with Crippen molar-refractivity contribution in [3.05, 3.63) is 30.3 Å². The number of methoxy groups -OCH3 is 1. The van der Waals surface area contributed by atoms with Crippen molar-refractivity contribution in [2.45, 2.75) is 5.51 Å². The Balaban J connectivity index is 2.55. The second-order valence-electron chi connectivity index (χ2n) is 3.66. The first-order valence-corrected chi connectivity index (χ1v) is 6.60. The van der Waals surface area contributed by atoms with E-state index in [1.54, 1.807) is 6.07 Å². The molecule has 0 bridgehead atoms. The topological polar surface area (TPSA) is 65.5 Å². The van der Waals surface area contributed by atoms with E-state index in [1.165, 1.54) is 25.3 Å². The first-order chi connectivity index (χ1) is 9.24. The molecule has 2 aromatic rings. The lowest BCUT2D eigenvalue weighted by atomic mass is 10.2. The third kappa shape index (κ3) is 2.62. The number of alkyl halides is 3. The van der Waals surface area contributed by atoms with Crippen LogP contribution in [0.3, 0.4) is 0 Å². The van der Waals surface area contributed by atoms with Gasteiger partial charge in [0.2, 0.25) is 5.88 Å². The summed E-state index contributed by atoms with van der Waals surface area (Å²) in [6.45, 7) is 0. The van der Waals surface area contributed by atoms with E-state index >= 15 is 0 Å². The first-order valence-electron chi connectivity index (χ1n) is 5.19. The van der Waals surface area contributed by atoms with Gasteiger partial charge in [0.05, 0.1) is 7.11 Å². The fourth-order valence-electron chi connectivity index (χ4n) is 1.45. The number of benzene rings is 1. The quantitative estimate of drug-likeness (QED) is 0.644. The van der Waals surface area contributed by atoms with Crippen molar-refractivity contribution >= 4 is 21.0 Å². The van der Waals surface area contributed by atoms with Crippen LogP contribution in [0.4, 0.5) is 13.2 Å². The largest absolute Gasteiger partial charge is 0.534 e. The van der Waals surface area contributed by atoms with Crippen LogP contribution < -0.4 is 8.92 Å². The lowest BCUT2D eigenvalue weighted by molar-refractivity contribution is -0.0499. The average Bonchev–Trinajstić information content (AvgIpc) is 2.37. The molecule has 0 aliphatic carbocycles. The summed E-state index contributed by atoms with van der Waals surface area (Å²) in [4.78, 5) is 3.88. The molecular weight excluding hydrogens is 299 g/mol. The SMILES string of the molecule is COc1ccc2cccc(OS(=O)(=O)C(F)(F)F)c2n1. The summed E-state index contributed by atoms with van der Waals surface area (Å²) in [7, 11) is -4.42. The molecule has 0 unspecified atom stereocenters. The lowest BCUT2D eigenvalue weighted by Crippen LogP contribution is -2.28. The van der Waals surface area contributed by atoms with Gasteiger partial charge in [-0.1, -0.05) is 12.1 Å². The molecule has 0 fully saturated rings. The van der Waals surface area contributed by atoms with E-state index in [2.05, 4.69) is 9.17 Å². The molecule has 0 N–H and O–H groups in total. The predicted molar refractivity (Wildman–Crippen MR) is 63.9 cm³/mol. The molecule has 1 aromatic carbocycles. The summed E-state index contributed by atoms with van der Waals surface area (Å²) in [5, 5.41) is 0.417. The minimum Gasteiger partial charge on any atom is -0.481 e. The zero-order valence-electron chi connectivity index (χ0n) is 10.0. The summed E-state index contributed by atoms with van der Waals surface area (Å²) in [6.07, 6.45) is 0. The number of pyridine rings is 1. The standard InChI is InChI=1S/C11H8F3NO4S/c1-18-9-6-5-7-3-2-4-8(10(7)15-9)19-20(16,17)11(12,13)14/h2-6H,1H3. The Hall–Kier alpha value is -2.03. The van der Waals surface area contributed by atoms with Gasteiger partial charge in [-0.3, -0.25) is 0 Å². The Labute approximate surface area is 112 Å². The molecule has 0 aliphatic heterocycles. The Morgan fingerprint density at radius 3 is 2.45 bits per heavy atom. The van der Waals surface area contributed by atoms with Gasteiger partial charge in [-0.25, -0.2) is 4.98 Å². The number of nitrogens with zero attached hydrogens (tertiary/aromatic N) is 1. The summed E-state index contributed by atoms with van der Waals surface area (Å²) in [5.74, 6) is -0.392. The molecule has 9 heteroatoms. The Morgan fingerprint density at radius 1 is 1.15 bits per heavy atom. The molecule has 0 atom stereocenters. The fourth-order valence-corrected chi connectivity index (χ4v) is 1.91. The molecule has 0 spiro atoms. The van der Waals surface area contributed by atoms with Gasteiger partial charge >= 0.3 is 15.6 Å². The number of halogens is 3. The summed E-state index contributed by atoms with van der Waals surface area (Å²) < 4.78 is 67.9. The summed E-state index contributed by atoms with van der Waals surface area (Å²) in [5.41, 5.74) is -5.55. The van der Waals surface area contributed by atoms with E-state index in [1.807, 2.05) is 0 Å². The number of rotatable bonds is 3. The van der Waals surface area contributed by atoms with Crippen molar-refractivity contribution in [2.75, 3.05) is 7.11 Å². The maximum Gasteiger partial charge on any atom is 0.534 e. The number of aromatic nitrogens is 1. The van der Waals surface area contributed by atoms with Crippen molar-refractivity contribution in [1.82, 2.24) is 4.98 Å². The Kier molecular flexibility index (Phi) is 3.46. The molecule has 0 saturated heterocycles. The minimum absolute atomic E-state index is 0.0420. The van der Waals surface area contributed by atoms with Crippen molar-refractivity contribution in [3.63, 3.8) is 0 Å². The van der Waals surface area contributed by atoms with Gasteiger partial charge in [0.25, 0.3) is 0 Å². The highest BCUT2D eigenvalue weighted by atomic mass is 32.2. The van der Waals surface area contributed by atoms with Crippen LogP contribution >= 0.6 is 0 Å². The molecule has 1 heterocycles. The zero-order chi connectivity index (χ0) is 15.0. The van der Waals surface area contributed by atoms with E-state index in [4.69, 9.17) is 4.74 Å². The lowest BCUT2D eigenvalue weighted by Gasteiger charge is -2.11. The Morgan fingerprint density at radius 2 is 1.85 bits per heavy atom. The number of hydrogen-bond donors (Lipinski definition) is 0. The van der Waals surface area contributed by atoms with Crippen molar-refractivity contribution in [1.29, 1.82) is 0 Å². The predicted octanol–water partition coefficient (Wildman–Crippen LogP) is 2.47. The number of fused-ring (bicyclic) bond motifs is 1. The van der Waals surface area contributed by atoms with Crippen LogP contribution in [-0.2, 0) is 10.1 Å². The van der Waals surface area contributed by atoms with Crippen molar-refractivity contribution in [2.24, 2.45) is 0 Å². The molecule has 1 aromatic heterocycles. The van der Waals surface area contributed by atoms with Gasteiger partial charge < -0.3 is 8.92 Å². The third-order valence-corrected chi connectivity index (χ3v) is 3.32. The normalized spacial score (nSPS) is 12.4. The van der Waals surface area contributed by atoms with Crippen LogP contribution in [0.5, 0.6) is 11.6 Å². The van der Waals surface area contributed by atoms with Gasteiger partial charge in [-0.05, 0) is 12.1 Å². The molecule has 0 amide bonds. The maximum atomic E-state index is 12.3. The van der Waals surface area contributed by atoms with Crippen LogP contribution in [0.25, 0.3) is 10.9 Å². The number of hydrogen-bond acceptors (Lipinski definition) is 5. The van der Waals surface area contributed by atoms with Crippen LogP contribution in [0.2, 0.25) is 0 Å². The molecule has 0 saturated carbocycles. The molecule has 0 aliphatic rings. The molecular formula is C11H8F3NO4S. The Bertz CT molecular complexity index is 743. The number of para-hydroxylation sites is 1. The summed E-state index contributed by atoms with van der Waals surface area (Å²) in [6, 6.07) is 7.00. The molecule has 0 radical (unpaired) electrons. The highest BCUT2D eigenvalue weighted by molar-refractivity contribution is 7.88. The van der Waals surface area contributed by atoms with Crippen LogP contribution in [0, 0.1) is 0 Å². The minimum atomic E-state index is -5.74. The second kappa shape index (κ2) is 4.82. The van der Waals surface area contributed by atoms with Crippen molar-refractivity contribution in [3.8, 4) is 11.6 Å². The van der Waals surface area contributed by atoms with Gasteiger partial charge in [-0.15, -0.1) is 0 Å². The van der Waals surface area contributed by atoms with E-state index in [0.29, 0.717) is 5.39 Å². The van der Waals surface area contributed by atoms with E-state index in [9.17, 15) is 21.6 Å². The maximum absolute atomic E-state index is 12.3. The van der Waals surface area contributed by atoms with Crippen LogP contribution in [0.15, 0.2) is 30.3 Å². The van der Waals surface area contributed by atoms with Gasteiger partial charge in [-0.2, -0.15) is 21.6 Å². The smallest absolute Gasteiger partial charge is 0.481 e. The van der Waals surface area contributed by atoms with Gasteiger partial charge in [0, 0.05) is 11.5 Å². The highest BCUT2D eigenvalue weighted by Gasteiger charge is 2.48. The molecule has 20 heavy (non-hydrogen) atoms. The highest BCUT2D eigenvalue weighted by Crippen LogP contribution is 2.31. The fraction of sp³-hybridized carbons (Fsp3) is 0.182. The first kappa shape index (κ1) is 14.4. The monoisotopic (exact) mass is 307 g/mol. The third-order valence-electron chi connectivity index (χ3n) is 2.35. The van der Waals surface area contributed by atoms with Crippen LogP contribution in [-0.4, -0.2) is 26.0 Å².